The van der Waals surface area contributed by atoms with E-state index in [1.807, 2.05) is 30.0 Å². The van der Waals surface area contributed by atoms with E-state index in [4.69, 9.17) is 4.42 Å². The van der Waals surface area contributed by atoms with E-state index >= 15 is 4.39 Å². The summed E-state index contributed by atoms with van der Waals surface area (Å²) < 4.78 is 24.7. The first-order valence-corrected chi connectivity index (χ1v) is 18.1. The monoisotopic (exact) mass is 741 g/mol. The highest BCUT2D eigenvalue weighted by atomic mass is 19.1. The number of rotatable bonds is 8. The van der Waals surface area contributed by atoms with Crippen molar-refractivity contribution in [2.75, 3.05) is 18.0 Å². The number of anilines is 2. The molecular formula is C42H40FN7O5. The fourth-order valence-electron chi connectivity index (χ4n) is 7.25. The third-order valence-corrected chi connectivity index (χ3v) is 10.1. The molecule has 6 aromatic rings. The lowest BCUT2D eigenvalue weighted by Gasteiger charge is -2.25. The van der Waals surface area contributed by atoms with Gasteiger partial charge in [-0.25, -0.2) is 9.18 Å². The highest BCUT2D eigenvalue weighted by Gasteiger charge is 2.30. The van der Waals surface area contributed by atoms with Crippen LogP contribution in [0, 0.1) is 24.6 Å². The van der Waals surface area contributed by atoms with Gasteiger partial charge in [0.15, 0.2) is 5.82 Å². The summed E-state index contributed by atoms with van der Waals surface area (Å²) in [5, 5.41) is 5.89. The zero-order chi connectivity index (χ0) is 39.1. The molecule has 0 spiro atoms. The van der Waals surface area contributed by atoms with Crippen LogP contribution in [0.2, 0.25) is 0 Å². The average molecular weight is 742 g/mol. The largest absolute Gasteiger partial charge is 0.464 e. The number of carbonyl (C=O) groups is 3. The van der Waals surface area contributed by atoms with Crippen molar-refractivity contribution in [3.63, 3.8) is 0 Å². The first-order valence-electron chi connectivity index (χ1n) is 18.1. The number of imide groups is 1. The molecule has 1 atom stereocenters. The second-order valence-electron chi connectivity index (χ2n) is 14.0. The van der Waals surface area contributed by atoms with Crippen molar-refractivity contribution in [3.8, 4) is 23.1 Å². The quantitative estimate of drug-likeness (QED) is 0.141. The number of nitrogens with zero attached hydrogens (tertiary/aromatic N) is 5. The molecule has 0 saturated carbocycles. The fourth-order valence-corrected chi connectivity index (χ4v) is 7.25. The van der Waals surface area contributed by atoms with Gasteiger partial charge in [-0.05, 0) is 73.7 Å². The number of pyridine rings is 2. The first kappa shape index (κ1) is 36.8. The number of halogens is 1. The number of aromatic nitrogens is 4. The molecule has 2 aromatic carbocycles. The molecule has 55 heavy (non-hydrogen) atoms. The number of benzene rings is 2. The second-order valence-corrected chi connectivity index (χ2v) is 14.0. The number of piperidine rings is 1. The summed E-state index contributed by atoms with van der Waals surface area (Å²) in [7, 11) is 3.52. The first-order chi connectivity index (χ1) is 26.4. The van der Waals surface area contributed by atoms with Crippen molar-refractivity contribution in [3.05, 3.63) is 105 Å². The molecule has 0 radical (unpaired) electrons. The Bertz CT molecular complexity index is 2660. The molecule has 1 unspecified atom stereocenters. The molecule has 4 aromatic heterocycles. The Morgan fingerprint density at radius 1 is 1.07 bits per heavy atom. The summed E-state index contributed by atoms with van der Waals surface area (Å²) in [6, 6.07) is 12.5. The number of imidazole rings is 1. The van der Waals surface area contributed by atoms with E-state index in [2.05, 4.69) is 46.3 Å². The SMILES string of the molecule is CCN(c1cnc(-c2cnc(C(=O)NCC#Cc3ccc4occ(C5CCC(=O)NC5=O)c4c3)c(C)c2)c(F)c1)c1cc(C(C)C)c2c(c1)n(C)c(=O)n2C. The molecule has 3 amide bonds. The molecule has 5 heterocycles. The van der Waals surface area contributed by atoms with Crippen LogP contribution in [-0.2, 0) is 23.7 Å². The molecule has 13 heteroatoms. The Hall–Kier alpha value is -6.55. The molecule has 1 aliphatic heterocycles. The van der Waals surface area contributed by atoms with Gasteiger partial charge in [0.2, 0.25) is 11.8 Å². The number of nitrogens with one attached hydrogen (secondary N) is 2. The van der Waals surface area contributed by atoms with Crippen molar-refractivity contribution in [1.29, 1.82) is 0 Å². The van der Waals surface area contributed by atoms with Crippen LogP contribution in [0.4, 0.5) is 15.8 Å². The summed E-state index contributed by atoms with van der Waals surface area (Å²) in [6.45, 7) is 8.43. The average Bonchev–Trinajstić information content (AvgIpc) is 3.67. The number of aryl methyl sites for hydroxylation is 3. The number of fused-ring (bicyclic) bond motifs is 2. The van der Waals surface area contributed by atoms with Crippen molar-refractivity contribution < 1.29 is 23.2 Å². The number of hydrogen-bond acceptors (Lipinski definition) is 8. The highest BCUT2D eigenvalue weighted by Crippen LogP contribution is 2.35. The molecule has 12 nitrogen and oxygen atoms in total. The summed E-state index contributed by atoms with van der Waals surface area (Å²) in [6.07, 6.45) is 5.25. The van der Waals surface area contributed by atoms with E-state index in [1.54, 1.807) is 60.8 Å². The van der Waals surface area contributed by atoms with Crippen LogP contribution in [0.3, 0.4) is 0 Å². The Labute approximate surface area is 316 Å². The number of carbonyl (C=O) groups excluding carboxylic acids is 3. The van der Waals surface area contributed by atoms with Crippen LogP contribution >= 0.6 is 0 Å². The number of hydrogen-bond donors (Lipinski definition) is 2. The predicted molar refractivity (Wildman–Crippen MR) is 208 cm³/mol. The molecular weight excluding hydrogens is 702 g/mol. The van der Waals surface area contributed by atoms with E-state index in [0.29, 0.717) is 46.5 Å². The van der Waals surface area contributed by atoms with Crippen molar-refractivity contribution in [1.82, 2.24) is 29.7 Å². The van der Waals surface area contributed by atoms with Gasteiger partial charge in [0.05, 0.1) is 41.6 Å². The van der Waals surface area contributed by atoms with E-state index in [9.17, 15) is 19.2 Å². The van der Waals surface area contributed by atoms with Crippen molar-refractivity contribution in [2.45, 2.75) is 52.4 Å². The van der Waals surface area contributed by atoms with Crippen molar-refractivity contribution >= 4 is 51.1 Å². The van der Waals surface area contributed by atoms with E-state index in [1.165, 1.54) is 12.3 Å². The summed E-state index contributed by atoms with van der Waals surface area (Å²) in [5.41, 5.74) is 7.18. The zero-order valence-electron chi connectivity index (χ0n) is 31.4. The molecule has 7 rings (SSSR count). The molecule has 2 N–H and O–H groups in total. The van der Waals surface area contributed by atoms with Gasteiger partial charge in [0.1, 0.15) is 17.0 Å². The van der Waals surface area contributed by atoms with Crippen LogP contribution in [0.15, 0.2) is 70.3 Å². The smallest absolute Gasteiger partial charge is 0.328 e. The molecule has 0 aliphatic carbocycles. The minimum Gasteiger partial charge on any atom is -0.464 e. The lowest BCUT2D eigenvalue weighted by atomic mass is 9.90. The Morgan fingerprint density at radius 2 is 1.87 bits per heavy atom. The molecule has 0 bridgehead atoms. The second kappa shape index (κ2) is 14.7. The normalized spacial score (nSPS) is 14.3. The van der Waals surface area contributed by atoms with Gasteiger partial charge in [0.25, 0.3) is 5.91 Å². The Kier molecular flexibility index (Phi) is 9.83. The number of amides is 3. The molecule has 1 fully saturated rings. The van der Waals surface area contributed by atoms with Crippen LogP contribution in [0.1, 0.15) is 78.2 Å². The Morgan fingerprint density at radius 3 is 2.58 bits per heavy atom. The fraction of sp³-hybridized carbons (Fsp3) is 0.286. The summed E-state index contributed by atoms with van der Waals surface area (Å²) in [5.74, 6) is 4.04. The van der Waals surface area contributed by atoms with E-state index < -0.39 is 17.6 Å². The maximum Gasteiger partial charge on any atom is 0.328 e. The van der Waals surface area contributed by atoms with E-state index in [0.717, 1.165) is 27.7 Å². The number of furan rings is 1. The van der Waals surface area contributed by atoms with Gasteiger partial charge in [-0.3, -0.25) is 38.8 Å². The minimum absolute atomic E-state index is 0.0445. The van der Waals surface area contributed by atoms with Gasteiger partial charge < -0.3 is 14.6 Å². The van der Waals surface area contributed by atoms with Gasteiger partial charge in [-0.1, -0.05) is 25.7 Å². The minimum atomic E-state index is -0.542. The molecule has 1 saturated heterocycles. The van der Waals surface area contributed by atoms with Crippen LogP contribution in [0.5, 0.6) is 0 Å². The van der Waals surface area contributed by atoms with Crippen LogP contribution < -0.4 is 21.2 Å². The van der Waals surface area contributed by atoms with Gasteiger partial charge in [-0.15, -0.1) is 0 Å². The van der Waals surface area contributed by atoms with Crippen molar-refractivity contribution in [2.24, 2.45) is 14.1 Å². The lowest BCUT2D eigenvalue weighted by molar-refractivity contribution is -0.134. The van der Waals surface area contributed by atoms with Crippen LogP contribution in [0.25, 0.3) is 33.3 Å². The molecule has 1 aliphatic rings. The standard InChI is InChI=1S/C42H40FN7O5/c1-7-50(27-17-30(23(2)3)39-34(19-27)48(5)42(54)49(39)6)28-18-33(43)38(46-21-28)26-15-24(4)37(45-20-26)41(53)44-14-8-9-25-10-12-35-31(16-25)32(22-55-35)29-11-13-36(51)47-40(29)52/h10,12,15-23,29H,7,11,13-14H2,1-6H3,(H,44,53)(H,47,51,52). The topological polar surface area (TPSA) is 144 Å². The van der Waals surface area contributed by atoms with E-state index in [-0.39, 0.29) is 47.8 Å². The van der Waals surface area contributed by atoms with Gasteiger partial charge in [0, 0.05) is 67.1 Å². The maximum atomic E-state index is 15.8. The lowest BCUT2D eigenvalue weighted by Crippen LogP contribution is -2.39. The summed E-state index contributed by atoms with van der Waals surface area (Å²) >= 11 is 0. The van der Waals surface area contributed by atoms with Crippen LogP contribution in [-0.4, -0.2) is 49.9 Å². The third kappa shape index (κ3) is 6.87. The Balaban J connectivity index is 1.05. The highest BCUT2D eigenvalue weighted by molar-refractivity contribution is 6.03. The predicted octanol–water partition coefficient (Wildman–Crippen LogP) is 6.11. The van der Waals surface area contributed by atoms with Gasteiger partial charge in [-0.2, -0.15) is 0 Å². The molecule has 280 valence electrons. The van der Waals surface area contributed by atoms with Gasteiger partial charge >= 0.3 is 5.69 Å². The third-order valence-electron chi connectivity index (χ3n) is 10.1. The zero-order valence-corrected chi connectivity index (χ0v) is 31.4. The summed E-state index contributed by atoms with van der Waals surface area (Å²) in [4.78, 5) is 60.7. The maximum absolute atomic E-state index is 15.8.